The molecule has 16 heavy (non-hydrogen) atoms. The predicted molar refractivity (Wildman–Crippen MR) is 66.1 cm³/mol. The molecule has 5 nitrogen and oxygen atoms in total. The molecular weight excluding hydrogens is 228 g/mol. The van der Waals surface area contributed by atoms with E-state index in [0.717, 1.165) is 13.0 Å². The highest BCUT2D eigenvalue weighted by Crippen LogP contribution is 2.14. The van der Waals surface area contributed by atoms with Crippen LogP contribution in [0.1, 0.15) is 13.3 Å². The summed E-state index contributed by atoms with van der Waals surface area (Å²) in [6.45, 7) is 3.00. The Labute approximate surface area is 99.8 Å². The van der Waals surface area contributed by atoms with Crippen LogP contribution in [0.3, 0.4) is 0 Å². The Morgan fingerprint density at radius 2 is 2.31 bits per heavy atom. The number of halogens is 1. The molecule has 0 saturated carbocycles. The Bertz CT molecular complexity index is 391. The molecule has 1 aromatic heterocycles. The van der Waals surface area contributed by atoms with Gasteiger partial charge >= 0.3 is 0 Å². The highest BCUT2D eigenvalue weighted by Gasteiger charge is 2.09. The lowest BCUT2D eigenvalue weighted by atomic mass is 10.2. The highest BCUT2D eigenvalue weighted by atomic mass is 35.5. The second-order valence-corrected chi connectivity index (χ2v) is 4.41. The van der Waals surface area contributed by atoms with E-state index < -0.39 is 0 Å². The highest BCUT2D eigenvalue weighted by molar-refractivity contribution is 6.32. The molecule has 6 heteroatoms. The fourth-order valence-electron chi connectivity index (χ4n) is 1.24. The van der Waals surface area contributed by atoms with Crippen LogP contribution in [0.25, 0.3) is 0 Å². The Morgan fingerprint density at radius 3 is 2.94 bits per heavy atom. The van der Waals surface area contributed by atoms with Gasteiger partial charge in [-0.25, -0.2) is 4.98 Å². The third-order valence-corrected chi connectivity index (χ3v) is 2.54. The minimum Gasteiger partial charge on any atom is -0.366 e. The van der Waals surface area contributed by atoms with Crippen molar-refractivity contribution in [1.29, 1.82) is 0 Å². The van der Waals surface area contributed by atoms with Crippen LogP contribution >= 0.6 is 11.6 Å². The zero-order valence-corrected chi connectivity index (χ0v) is 10.5. The van der Waals surface area contributed by atoms with Gasteiger partial charge in [0.05, 0.1) is 6.33 Å². The molecule has 2 N–H and O–H groups in total. The van der Waals surface area contributed by atoms with Crippen LogP contribution in [-0.2, 0) is 0 Å². The number of aromatic nitrogens is 2. The van der Waals surface area contributed by atoms with Crippen molar-refractivity contribution in [2.75, 3.05) is 26.0 Å². The molecule has 1 rings (SSSR count). The molecule has 0 aliphatic rings. The number of nitrogens with one attached hydrogen (secondary N) is 2. The summed E-state index contributed by atoms with van der Waals surface area (Å²) in [5.41, 5.74) is -0.320. The second kappa shape index (κ2) is 5.86. The number of anilines is 1. The fraction of sp³-hybridized carbons (Fsp3) is 0.600. The Morgan fingerprint density at radius 1 is 1.62 bits per heavy atom. The fourth-order valence-corrected chi connectivity index (χ4v) is 1.40. The van der Waals surface area contributed by atoms with E-state index >= 15 is 0 Å². The van der Waals surface area contributed by atoms with Crippen LogP contribution < -0.4 is 10.9 Å². The second-order valence-electron chi connectivity index (χ2n) is 4.03. The summed E-state index contributed by atoms with van der Waals surface area (Å²) in [5, 5.41) is 3.23. The van der Waals surface area contributed by atoms with Gasteiger partial charge in [-0.05, 0) is 34.0 Å². The van der Waals surface area contributed by atoms with Gasteiger partial charge in [-0.3, -0.25) is 4.79 Å². The van der Waals surface area contributed by atoms with Crippen molar-refractivity contribution < 1.29 is 0 Å². The van der Waals surface area contributed by atoms with E-state index in [0.29, 0.717) is 5.82 Å². The van der Waals surface area contributed by atoms with E-state index in [1.165, 1.54) is 6.33 Å². The van der Waals surface area contributed by atoms with Crippen LogP contribution in [-0.4, -0.2) is 41.5 Å². The summed E-state index contributed by atoms with van der Waals surface area (Å²) >= 11 is 5.82. The van der Waals surface area contributed by atoms with E-state index in [-0.39, 0.29) is 16.6 Å². The zero-order valence-electron chi connectivity index (χ0n) is 9.75. The first-order chi connectivity index (χ1) is 7.50. The maximum absolute atomic E-state index is 11.2. The number of hydrogen-bond donors (Lipinski definition) is 2. The predicted octanol–water partition coefficient (Wildman–Crippen LogP) is 1.18. The molecule has 0 saturated heterocycles. The first-order valence-electron chi connectivity index (χ1n) is 5.15. The minimum atomic E-state index is -0.320. The normalized spacial score (nSPS) is 12.8. The Balaban J connectivity index is 2.59. The summed E-state index contributed by atoms with van der Waals surface area (Å²) in [7, 11) is 4.04. The molecule has 1 heterocycles. The SMILES string of the molecule is CC(CCN(C)C)Nc1nc[nH]c(=O)c1Cl. The van der Waals surface area contributed by atoms with Gasteiger partial charge in [0.25, 0.3) is 5.56 Å². The van der Waals surface area contributed by atoms with Crippen LogP contribution in [0.15, 0.2) is 11.1 Å². The molecule has 0 aliphatic heterocycles. The Hall–Kier alpha value is -1.07. The average molecular weight is 245 g/mol. The molecule has 0 aliphatic carbocycles. The van der Waals surface area contributed by atoms with Crippen LogP contribution in [0.4, 0.5) is 5.82 Å². The molecule has 0 aromatic carbocycles. The smallest absolute Gasteiger partial charge is 0.271 e. The lowest BCUT2D eigenvalue weighted by molar-refractivity contribution is 0.390. The Kier molecular flexibility index (Phi) is 4.76. The van der Waals surface area contributed by atoms with Gasteiger partial charge in [0.15, 0.2) is 5.82 Å². The maximum Gasteiger partial charge on any atom is 0.271 e. The molecule has 1 atom stereocenters. The molecule has 0 radical (unpaired) electrons. The zero-order chi connectivity index (χ0) is 12.1. The minimum absolute atomic E-state index is 0.110. The summed E-state index contributed by atoms with van der Waals surface area (Å²) in [5.74, 6) is 0.441. The first-order valence-corrected chi connectivity index (χ1v) is 5.53. The van der Waals surface area contributed by atoms with Gasteiger partial charge in [0, 0.05) is 6.04 Å². The quantitative estimate of drug-likeness (QED) is 0.817. The molecule has 0 spiro atoms. The topological polar surface area (TPSA) is 61.0 Å². The number of rotatable bonds is 5. The lowest BCUT2D eigenvalue weighted by Gasteiger charge is -2.17. The van der Waals surface area contributed by atoms with E-state index in [9.17, 15) is 4.79 Å². The lowest BCUT2D eigenvalue weighted by Crippen LogP contribution is -2.24. The van der Waals surface area contributed by atoms with Gasteiger partial charge < -0.3 is 15.2 Å². The van der Waals surface area contributed by atoms with Crippen molar-refractivity contribution in [3.05, 3.63) is 21.7 Å². The first kappa shape index (κ1) is 13.0. The molecule has 0 fully saturated rings. The van der Waals surface area contributed by atoms with Crippen molar-refractivity contribution in [1.82, 2.24) is 14.9 Å². The number of nitrogens with zero attached hydrogens (tertiary/aromatic N) is 2. The molecular formula is C10H17ClN4O. The number of aromatic amines is 1. The van der Waals surface area contributed by atoms with Crippen molar-refractivity contribution in [3.63, 3.8) is 0 Å². The third-order valence-electron chi connectivity index (χ3n) is 2.19. The molecule has 1 aromatic rings. The molecule has 90 valence electrons. The standard InChI is InChI=1S/C10H17ClN4O/c1-7(4-5-15(2)3)14-9-8(11)10(16)13-6-12-9/h6-7H,4-5H2,1-3H3,(H2,12,13,14,16). The average Bonchev–Trinajstić information content (AvgIpc) is 2.22. The molecule has 1 unspecified atom stereocenters. The molecule has 0 amide bonds. The van der Waals surface area contributed by atoms with Crippen LogP contribution in [0.2, 0.25) is 5.02 Å². The number of hydrogen-bond acceptors (Lipinski definition) is 4. The van der Waals surface area contributed by atoms with Crippen LogP contribution in [0.5, 0.6) is 0 Å². The largest absolute Gasteiger partial charge is 0.366 e. The van der Waals surface area contributed by atoms with Crippen molar-refractivity contribution in [3.8, 4) is 0 Å². The van der Waals surface area contributed by atoms with E-state index in [1.54, 1.807) is 0 Å². The monoisotopic (exact) mass is 244 g/mol. The maximum atomic E-state index is 11.2. The summed E-state index contributed by atoms with van der Waals surface area (Å²) < 4.78 is 0. The summed E-state index contributed by atoms with van der Waals surface area (Å²) in [4.78, 5) is 19.7. The van der Waals surface area contributed by atoms with Gasteiger partial charge in [-0.2, -0.15) is 0 Å². The summed E-state index contributed by atoms with van der Waals surface area (Å²) in [6, 6.07) is 0.217. The van der Waals surface area contributed by atoms with Gasteiger partial charge in [-0.1, -0.05) is 11.6 Å². The van der Waals surface area contributed by atoms with Crippen LogP contribution in [0, 0.1) is 0 Å². The summed E-state index contributed by atoms with van der Waals surface area (Å²) in [6.07, 6.45) is 2.30. The van der Waals surface area contributed by atoms with Gasteiger partial charge in [0.1, 0.15) is 5.02 Å². The van der Waals surface area contributed by atoms with Gasteiger partial charge in [-0.15, -0.1) is 0 Å². The van der Waals surface area contributed by atoms with Crippen molar-refractivity contribution in [2.24, 2.45) is 0 Å². The van der Waals surface area contributed by atoms with Crippen molar-refractivity contribution >= 4 is 17.4 Å². The van der Waals surface area contributed by atoms with E-state index in [2.05, 4.69) is 20.2 Å². The van der Waals surface area contributed by atoms with E-state index in [4.69, 9.17) is 11.6 Å². The van der Waals surface area contributed by atoms with Gasteiger partial charge in [0.2, 0.25) is 0 Å². The molecule has 0 bridgehead atoms. The number of H-pyrrole nitrogens is 1. The van der Waals surface area contributed by atoms with E-state index in [1.807, 2.05) is 21.0 Å². The van der Waals surface area contributed by atoms with Crippen molar-refractivity contribution in [2.45, 2.75) is 19.4 Å². The third kappa shape index (κ3) is 3.83.